The number of hydrogen-bond donors (Lipinski definition) is 2. The lowest BCUT2D eigenvalue weighted by molar-refractivity contribution is 0.143. The minimum absolute atomic E-state index is 0.811. The number of nitrogens with one attached hydrogen (secondary N) is 2. The molecule has 2 unspecified atom stereocenters. The summed E-state index contributed by atoms with van der Waals surface area (Å²) < 4.78 is 2.07. The van der Waals surface area contributed by atoms with Crippen LogP contribution in [0, 0.1) is 25.7 Å². The minimum Gasteiger partial charge on any atom is -0.357 e. The quantitative estimate of drug-likeness (QED) is 0.424. The fraction of sp³-hybridized carbons (Fsp3) is 0.800. The van der Waals surface area contributed by atoms with E-state index in [-0.39, 0.29) is 0 Å². The zero-order valence-electron chi connectivity index (χ0n) is 17.4. The highest BCUT2D eigenvalue weighted by Crippen LogP contribution is 2.20. The van der Waals surface area contributed by atoms with Crippen LogP contribution in [0.5, 0.6) is 0 Å². The molecule has 0 radical (unpaired) electrons. The van der Waals surface area contributed by atoms with Crippen molar-refractivity contribution in [2.45, 2.75) is 54.0 Å². The molecule has 148 valence electrons. The maximum absolute atomic E-state index is 4.71. The fourth-order valence-electron chi connectivity index (χ4n) is 3.96. The summed E-state index contributed by atoms with van der Waals surface area (Å²) in [6, 6.07) is 2.12. The van der Waals surface area contributed by atoms with Crippen LogP contribution in [0.15, 0.2) is 11.1 Å². The number of nitrogens with zero attached hydrogens (tertiary/aromatic N) is 4. The summed E-state index contributed by atoms with van der Waals surface area (Å²) in [7, 11) is 0. The second kappa shape index (κ2) is 10.6. The van der Waals surface area contributed by atoms with Crippen molar-refractivity contribution < 1.29 is 0 Å². The monoisotopic (exact) mass is 362 g/mol. The van der Waals surface area contributed by atoms with Crippen molar-refractivity contribution in [3.05, 3.63) is 17.5 Å². The molecule has 2 N–H and O–H groups in total. The highest BCUT2D eigenvalue weighted by molar-refractivity contribution is 5.79. The Kier molecular flexibility index (Phi) is 8.42. The predicted octanol–water partition coefficient (Wildman–Crippen LogP) is 2.42. The minimum atomic E-state index is 0.811. The molecule has 2 atom stereocenters. The standard InChI is InChI=1S/C20H38N6/c1-6-21-20(22-8-7-10-26-19(5)13-18(4)24-26)23-9-11-25-14-16(2)12-17(3)15-25/h13,16-17H,6-12,14-15H2,1-5H3,(H2,21,22,23). The van der Waals surface area contributed by atoms with Crippen LogP contribution in [-0.4, -0.2) is 59.9 Å². The Labute approximate surface area is 159 Å². The maximum atomic E-state index is 4.71. The molecule has 2 rings (SSSR count). The summed E-state index contributed by atoms with van der Waals surface area (Å²) in [5, 5.41) is 11.3. The average molecular weight is 363 g/mol. The topological polar surface area (TPSA) is 57.5 Å². The van der Waals surface area contributed by atoms with E-state index in [2.05, 4.69) is 59.1 Å². The van der Waals surface area contributed by atoms with Crippen molar-refractivity contribution in [2.75, 3.05) is 39.3 Å². The van der Waals surface area contributed by atoms with E-state index >= 15 is 0 Å². The summed E-state index contributed by atoms with van der Waals surface area (Å²) in [6.45, 7) is 18.1. The van der Waals surface area contributed by atoms with Crippen LogP contribution in [0.2, 0.25) is 0 Å². The summed E-state index contributed by atoms with van der Waals surface area (Å²) in [5.74, 6) is 2.56. The molecule has 1 aromatic heterocycles. The third-order valence-electron chi connectivity index (χ3n) is 4.91. The lowest BCUT2D eigenvalue weighted by Crippen LogP contribution is -2.45. The smallest absolute Gasteiger partial charge is 0.191 e. The van der Waals surface area contributed by atoms with Gasteiger partial charge in [0.25, 0.3) is 0 Å². The molecular weight excluding hydrogens is 324 g/mol. The molecule has 1 aliphatic heterocycles. The second-order valence-corrected chi connectivity index (χ2v) is 7.90. The van der Waals surface area contributed by atoms with Crippen LogP contribution < -0.4 is 10.6 Å². The zero-order valence-corrected chi connectivity index (χ0v) is 17.4. The molecule has 0 bridgehead atoms. The van der Waals surface area contributed by atoms with Gasteiger partial charge in [-0.1, -0.05) is 13.8 Å². The van der Waals surface area contributed by atoms with Crippen molar-refractivity contribution in [2.24, 2.45) is 16.8 Å². The summed E-state index contributed by atoms with van der Waals surface area (Å²) in [5.41, 5.74) is 2.31. The lowest BCUT2D eigenvalue weighted by atomic mass is 9.92. The third kappa shape index (κ3) is 6.98. The molecule has 1 saturated heterocycles. The molecule has 1 aromatic rings. The van der Waals surface area contributed by atoms with Gasteiger partial charge in [0.05, 0.1) is 5.69 Å². The molecule has 1 aliphatic rings. The van der Waals surface area contributed by atoms with Gasteiger partial charge in [-0.05, 0) is 51.5 Å². The number of rotatable bonds is 8. The van der Waals surface area contributed by atoms with Crippen LogP contribution >= 0.6 is 0 Å². The molecule has 6 nitrogen and oxygen atoms in total. The van der Waals surface area contributed by atoms with E-state index in [1.807, 2.05) is 6.92 Å². The zero-order chi connectivity index (χ0) is 18.9. The predicted molar refractivity (Wildman–Crippen MR) is 110 cm³/mol. The van der Waals surface area contributed by atoms with Gasteiger partial charge in [0.2, 0.25) is 0 Å². The molecule has 2 heterocycles. The first kappa shape index (κ1) is 20.7. The molecule has 0 spiro atoms. The van der Waals surface area contributed by atoms with E-state index in [9.17, 15) is 0 Å². The number of guanidine groups is 1. The summed E-state index contributed by atoms with van der Waals surface area (Å²) >= 11 is 0. The van der Waals surface area contributed by atoms with Gasteiger partial charge in [-0.3, -0.25) is 9.67 Å². The van der Waals surface area contributed by atoms with Gasteiger partial charge in [0, 0.05) is 51.5 Å². The molecule has 6 heteroatoms. The number of likely N-dealkylation sites (tertiary alicyclic amines) is 1. The van der Waals surface area contributed by atoms with E-state index in [4.69, 9.17) is 4.99 Å². The Bertz CT molecular complexity index is 555. The molecule has 0 aliphatic carbocycles. The first-order valence-electron chi connectivity index (χ1n) is 10.2. The van der Waals surface area contributed by atoms with Gasteiger partial charge < -0.3 is 15.5 Å². The molecule has 0 aromatic carbocycles. The Balaban J connectivity index is 1.71. The Morgan fingerprint density at radius 1 is 1.19 bits per heavy atom. The fourth-order valence-corrected chi connectivity index (χ4v) is 3.96. The van der Waals surface area contributed by atoms with Crippen LogP contribution in [0.3, 0.4) is 0 Å². The van der Waals surface area contributed by atoms with Gasteiger partial charge in [-0.2, -0.15) is 5.10 Å². The molecule has 26 heavy (non-hydrogen) atoms. The number of aliphatic imine (C=N–C) groups is 1. The van der Waals surface area contributed by atoms with Gasteiger partial charge in [0.15, 0.2) is 5.96 Å². The first-order valence-corrected chi connectivity index (χ1v) is 10.2. The maximum Gasteiger partial charge on any atom is 0.191 e. The van der Waals surface area contributed by atoms with Gasteiger partial charge in [0.1, 0.15) is 0 Å². The van der Waals surface area contributed by atoms with Crippen molar-refractivity contribution in [3.8, 4) is 0 Å². The number of hydrogen-bond acceptors (Lipinski definition) is 3. The third-order valence-corrected chi connectivity index (χ3v) is 4.91. The Morgan fingerprint density at radius 2 is 1.92 bits per heavy atom. The summed E-state index contributed by atoms with van der Waals surface area (Å²) in [4.78, 5) is 7.29. The number of aromatic nitrogens is 2. The van der Waals surface area contributed by atoms with E-state index in [1.54, 1.807) is 0 Å². The van der Waals surface area contributed by atoms with Crippen LogP contribution in [0.25, 0.3) is 0 Å². The molecule has 0 saturated carbocycles. The molecular formula is C20H38N6. The van der Waals surface area contributed by atoms with E-state index in [0.717, 1.165) is 62.6 Å². The first-order chi connectivity index (χ1) is 12.5. The number of piperidine rings is 1. The van der Waals surface area contributed by atoms with Crippen LogP contribution in [-0.2, 0) is 6.54 Å². The largest absolute Gasteiger partial charge is 0.357 e. The van der Waals surface area contributed by atoms with Crippen molar-refractivity contribution in [1.29, 1.82) is 0 Å². The van der Waals surface area contributed by atoms with Crippen LogP contribution in [0.4, 0.5) is 0 Å². The normalized spacial score (nSPS) is 21.8. The second-order valence-electron chi connectivity index (χ2n) is 7.90. The lowest BCUT2D eigenvalue weighted by Gasteiger charge is -2.35. The van der Waals surface area contributed by atoms with E-state index in [0.29, 0.717) is 0 Å². The van der Waals surface area contributed by atoms with Crippen molar-refractivity contribution in [3.63, 3.8) is 0 Å². The van der Waals surface area contributed by atoms with Gasteiger partial charge in [-0.25, -0.2) is 0 Å². The highest BCUT2D eigenvalue weighted by Gasteiger charge is 2.21. The number of aryl methyl sites for hydroxylation is 3. The highest BCUT2D eigenvalue weighted by atomic mass is 15.3. The van der Waals surface area contributed by atoms with E-state index in [1.165, 1.54) is 25.2 Å². The molecule has 1 fully saturated rings. The molecule has 0 amide bonds. The Morgan fingerprint density at radius 3 is 2.54 bits per heavy atom. The van der Waals surface area contributed by atoms with Crippen molar-refractivity contribution in [1.82, 2.24) is 25.3 Å². The average Bonchev–Trinajstić information content (AvgIpc) is 2.88. The van der Waals surface area contributed by atoms with Crippen molar-refractivity contribution >= 4 is 5.96 Å². The SMILES string of the molecule is CCNC(=NCCCn1nc(C)cc1C)NCCN1CC(C)CC(C)C1. The summed E-state index contributed by atoms with van der Waals surface area (Å²) in [6.07, 6.45) is 2.36. The van der Waals surface area contributed by atoms with Crippen LogP contribution in [0.1, 0.15) is 45.0 Å². The van der Waals surface area contributed by atoms with Gasteiger partial charge >= 0.3 is 0 Å². The van der Waals surface area contributed by atoms with Gasteiger partial charge in [-0.15, -0.1) is 0 Å². The Hall–Kier alpha value is -1.56. The van der Waals surface area contributed by atoms with E-state index < -0.39 is 0 Å².